The molecule has 0 atom stereocenters. The van der Waals surface area contributed by atoms with Gasteiger partial charge in [0.1, 0.15) is 22.9 Å². The van der Waals surface area contributed by atoms with Crippen molar-refractivity contribution in [2.45, 2.75) is 25.8 Å². The lowest BCUT2D eigenvalue weighted by Crippen LogP contribution is -2.36. The molecule has 1 N–H and O–H groups in total. The summed E-state index contributed by atoms with van der Waals surface area (Å²) in [5.74, 6) is 0.565. The molecule has 0 bridgehead atoms. The molecule has 12 heteroatoms. The summed E-state index contributed by atoms with van der Waals surface area (Å²) < 4.78 is 29.5. The molecular formula is C37H36FN7O4. The Bertz CT molecular complexity index is 2090. The number of aromatic nitrogens is 5. The number of hydrogen-bond acceptors (Lipinski definition) is 7. The molecule has 5 aromatic rings. The zero-order valence-electron chi connectivity index (χ0n) is 27.4. The van der Waals surface area contributed by atoms with Crippen LogP contribution in [0.5, 0.6) is 11.5 Å². The first-order valence-corrected chi connectivity index (χ1v) is 16.2. The molecule has 2 aromatic carbocycles. The summed E-state index contributed by atoms with van der Waals surface area (Å²) in [5, 5.41) is 8.30. The smallest absolute Gasteiger partial charge is 0.270 e. The third-order valence-corrected chi connectivity index (χ3v) is 9.15. The predicted molar refractivity (Wildman–Crippen MR) is 183 cm³/mol. The highest BCUT2D eigenvalue weighted by molar-refractivity contribution is 6.05. The first-order valence-electron chi connectivity index (χ1n) is 16.2. The summed E-state index contributed by atoms with van der Waals surface area (Å²) in [6, 6.07) is 14.8. The number of rotatable bonds is 9. The van der Waals surface area contributed by atoms with E-state index < -0.39 is 5.82 Å². The number of nitrogens with zero attached hydrogens (tertiary/aromatic N) is 6. The molecule has 0 aliphatic carbocycles. The predicted octanol–water partition coefficient (Wildman–Crippen LogP) is 5.61. The molecule has 3 aromatic heterocycles. The Morgan fingerprint density at radius 3 is 2.53 bits per heavy atom. The van der Waals surface area contributed by atoms with Crippen LogP contribution < -0.4 is 9.47 Å². The van der Waals surface area contributed by atoms with Crippen LogP contribution in [0.1, 0.15) is 41.0 Å². The van der Waals surface area contributed by atoms with E-state index in [9.17, 15) is 9.59 Å². The Balaban J connectivity index is 1.21. The van der Waals surface area contributed by atoms with Crippen molar-refractivity contribution in [3.05, 3.63) is 102 Å². The van der Waals surface area contributed by atoms with Gasteiger partial charge in [0, 0.05) is 61.5 Å². The summed E-state index contributed by atoms with van der Waals surface area (Å²) in [6.07, 6.45) is 10.4. The third-order valence-electron chi connectivity index (χ3n) is 9.15. The van der Waals surface area contributed by atoms with Gasteiger partial charge in [0.15, 0.2) is 5.82 Å². The van der Waals surface area contributed by atoms with Crippen LogP contribution in [-0.2, 0) is 11.3 Å². The summed E-state index contributed by atoms with van der Waals surface area (Å²) in [4.78, 5) is 38.2. The fourth-order valence-electron chi connectivity index (χ4n) is 6.61. The molecule has 0 fully saturated rings. The van der Waals surface area contributed by atoms with E-state index in [0.717, 1.165) is 22.4 Å². The van der Waals surface area contributed by atoms with Gasteiger partial charge >= 0.3 is 0 Å². The minimum atomic E-state index is -0.473. The van der Waals surface area contributed by atoms with Gasteiger partial charge in [-0.15, -0.1) is 5.10 Å². The zero-order valence-corrected chi connectivity index (χ0v) is 27.4. The lowest BCUT2D eigenvalue weighted by atomic mass is 9.93. The van der Waals surface area contributed by atoms with Crippen LogP contribution in [0.2, 0.25) is 0 Å². The average molecular weight is 662 g/mol. The van der Waals surface area contributed by atoms with Gasteiger partial charge in [-0.2, -0.15) is 0 Å². The number of aryl methyl sites for hydroxylation is 1. The van der Waals surface area contributed by atoms with Crippen molar-refractivity contribution in [2.75, 3.05) is 40.4 Å². The Labute approximate surface area is 282 Å². The summed E-state index contributed by atoms with van der Waals surface area (Å²) in [7, 11) is 3.21. The molecule has 2 amide bonds. The van der Waals surface area contributed by atoms with Gasteiger partial charge in [-0.3, -0.25) is 19.3 Å². The largest absolute Gasteiger partial charge is 0.496 e. The topological polar surface area (TPSA) is 118 Å². The minimum Gasteiger partial charge on any atom is -0.496 e. The maximum absolute atomic E-state index is 16.6. The van der Waals surface area contributed by atoms with Gasteiger partial charge in [-0.25, -0.2) is 4.39 Å². The molecule has 49 heavy (non-hydrogen) atoms. The number of aromatic amines is 1. The second-order valence-electron chi connectivity index (χ2n) is 12.0. The number of nitrogens with one attached hydrogen (secondary N) is 1. The van der Waals surface area contributed by atoms with Crippen LogP contribution in [-0.4, -0.2) is 87.0 Å². The van der Waals surface area contributed by atoms with Crippen LogP contribution in [0.4, 0.5) is 4.39 Å². The highest BCUT2D eigenvalue weighted by Gasteiger charge is 2.27. The molecule has 0 spiro atoms. The first kappa shape index (κ1) is 31.8. The van der Waals surface area contributed by atoms with Gasteiger partial charge in [0.05, 0.1) is 32.5 Å². The number of para-hydroxylation sites is 1. The quantitative estimate of drug-likeness (QED) is 0.218. The van der Waals surface area contributed by atoms with E-state index in [1.165, 1.54) is 0 Å². The summed E-state index contributed by atoms with van der Waals surface area (Å²) in [5.41, 5.74) is 4.86. The fraction of sp³-hybridized carbons (Fsp3) is 0.270. The maximum Gasteiger partial charge on any atom is 0.270 e. The lowest BCUT2D eigenvalue weighted by molar-refractivity contribution is -0.131. The number of carbonyl (C=O) groups is 2. The third kappa shape index (κ3) is 6.29. The molecule has 7 rings (SSSR count). The van der Waals surface area contributed by atoms with Crippen LogP contribution in [0.15, 0.2) is 79.3 Å². The Hall–Kier alpha value is -5.78. The molecule has 0 saturated carbocycles. The van der Waals surface area contributed by atoms with Crippen molar-refractivity contribution in [3.8, 4) is 22.6 Å². The van der Waals surface area contributed by atoms with Crippen molar-refractivity contribution in [2.24, 2.45) is 0 Å². The number of ether oxygens (including phenoxy) is 2. The molecule has 0 saturated heterocycles. The Morgan fingerprint density at radius 1 is 0.918 bits per heavy atom. The molecule has 5 heterocycles. The average Bonchev–Trinajstić information content (AvgIpc) is 3.85. The lowest BCUT2D eigenvalue weighted by Gasteiger charge is -2.28. The van der Waals surface area contributed by atoms with Crippen molar-refractivity contribution in [3.63, 3.8) is 0 Å². The molecule has 11 nitrogen and oxygen atoms in total. The Kier molecular flexibility index (Phi) is 8.93. The van der Waals surface area contributed by atoms with Gasteiger partial charge in [0.25, 0.3) is 5.91 Å². The van der Waals surface area contributed by atoms with Crippen LogP contribution in [0, 0.1) is 5.82 Å². The van der Waals surface area contributed by atoms with E-state index in [0.29, 0.717) is 67.0 Å². The first-order chi connectivity index (χ1) is 23.9. The summed E-state index contributed by atoms with van der Waals surface area (Å²) >= 11 is 0. The number of halogens is 1. The Morgan fingerprint density at radius 2 is 1.76 bits per heavy atom. The summed E-state index contributed by atoms with van der Waals surface area (Å²) in [6.45, 7) is 2.07. The minimum absolute atomic E-state index is 0.0412. The monoisotopic (exact) mass is 661 g/mol. The van der Waals surface area contributed by atoms with E-state index >= 15 is 4.39 Å². The van der Waals surface area contributed by atoms with E-state index in [-0.39, 0.29) is 36.0 Å². The van der Waals surface area contributed by atoms with Crippen molar-refractivity contribution in [1.29, 1.82) is 0 Å². The van der Waals surface area contributed by atoms with Crippen LogP contribution in [0.25, 0.3) is 33.2 Å². The standard InChI is InChI=1S/C37H36FN7O4/c1-48-31-9-4-3-8-26(31)28-21-27(25-7-6-16-44(23-25)33(46)13-19-45-20-15-40-42-45)34(38)36-29(28)22-30(41-36)37(47)43-17-11-24(12-18-43)35-32(49-2)10-5-14-39-35/h3-5,7-11,14-15,20-22,41H,6,12-13,16-19,23H2,1-2H3. The second kappa shape index (κ2) is 13.8. The van der Waals surface area contributed by atoms with Crippen LogP contribution >= 0.6 is 0 Å². The van der Waals surface area contributed by atoms with E-state index in [4.69, 9.17) is 9.47 Å². The van der Waals surface area contributed by atoms with Crippen molar-refractivity contribution in [1.82, 2.24) is 34.8 Å². The number of H-pyrrole nitrogens is 1. The molecule has 0 unspecified atom stereocenters. The molecule has 2 aliphatic rings. The zero-order chi connectivity index (χ0) is 33.9. The number of carbonyl (C=O) groups excluding carboxylic acids is 2. The normalized spacial score (nSPS) is 14.8. The van der Waals surface area contributed by atoms with Gasteiger partial charge in [-0.05, 0) is 59.9 Å². The van der Waals surface area contributed by atoms with Crippen LogP contribution in [0.3, 0.4) is 0 Å². The highest BCUT2D eigenvalue weighted by Crippen LogP contribution is 2.40. The fourth-order valence-corrected chi connectivity index (χ4v) is 6.61. The van der Waals surface area contributed by atoms with Gasteiger partial charge in [-0.1, -0.05) is 35.6 Å². The number of pyridine rings is 1. The molecule has 250 valence electrons. The molecule has 0 radical (unpaired) electrons. The molecule has 2 aliphatic heterocycles. The number of hydrogen-bond donors (Lipinski definition) is 1. The number of methoxy groups -OCH3 is 2. The maximum atomic E-state index is 16.6. The highest BCUT2D eigenvalue weighted by atomic mass is 19.1. The van der Waals surface area contributed by atoms with Crippen molar-refractivity contribution < 1.29 is 23.5 Å². The van der Waals surface area contributed by atoms with E-state index in [1.807, 2.05) is 54.6 Å². The van der Waals surface area contributed by atoms with Gasteiger partial charge < -0.3 is 24.3 Å². The van der Waals surface area contributed by atoms with Crippen molar-refractivity contribution >= 4 is 33.9 Å². The number of amides is 2. The van der Waals surface area contributed by atoms with Gasteiger partial charge in [0.2, 0.25) is 5.91 Å². The second-order valence-corrected chi connectivity index (χ2v) is 12.0. The SMILES string of the molecule is COc1ccccc1-c1cc(C2=CCCN(C(=O)CCn3ccnn3)C2)c(F)c2[nH]c(C(=O)N3CC=C(c4ncccc4OC)CC3)cc12. The number of fused-ring (bicyclic) bond motifs is 1. The van der Waals surface area contributed by atoms with E-state index in [1.54, 1.807) is 53.4 Å². The molecular weight excluding hydrogens is 625 g/mol. The number of benzene rings is 2. The van der Waals surface area contributed by atoms with E-state index in [2.05, 4.69) is 20.3 Å².